The highest BCUT2D eigenvalue weighted by Gasteiger charge is 2.75. The Balaban J connectivity index is 1.30. The number of esters is 1. The van der Waals surface area contributed by atoms with Crippen molar-refractivity contribution in [1.29, 1.82) is 0 Å². The van der Waals surface area contributed by atoms with Crippen LogP contribution in [-0.4, -0.2) is 34.0 Å². The maximum atomic E-state index is 14.3. The molecule has 9 heteroatoms. The van der Waals surface area contributed by atoms with Gasteiger partial charge in [0.15, 0.2) is 11.0 Å². The van der Waals surface area contributed by atoms with Crippen LogP contribution in [0, 0.1) is 6.92 Å². The lowest BCUT2D eigenvalue weighted by atomic mass is 9.74. The Morgan fingerprint density at radius 2 is 1.83 bits per heavy atom. The van der Waals surface area contributed by atoms with Crippen molar-refractivity contribution in [3.8, 4) is 11.5 Å². The highest BCUT2D eigenvalue weighted by atomic mass is 16.7. The number of carbonyl (C=O) groups excluding carboxylic acids is 1. The summed E-state index contributed by atoms with van der Waals surface area (Å²) in [6.45, 7) is 3.69. The second-order valence-electron chi connectivity index (χ2n) is 12.9. The second-order valence-corrected chi connectivity index (χ2v) is 12.9. The lowest BCUT2D eigenvalue weighted by Gasteiger charge is -2.46. The molecule has 2 bridgehead atoms. The number of benzene rings is 2. The van der Waals surface area contributed by atoms with Gasteiger partial charge in [0.25, 0.3) is 0 Å². The minimum atomic E-state index is -1.05. The Kier molecular flexibility index (Phi) is 6.24. The number of hydrogen-bond donors (Lipinski definition) is 3. The van der Waals surface area contributed by atoms with Gasteiger partial charge < -0.3 is 35.2 Å². The van der Waals surface area contributed by atoms with Gasteiger partial charge in [-0.25, -0.2) is 4.79 Å². The number of aryl methyl sites for hydroxylation is 1. The topological polar surface area (TPSA) is 151 Å². The van der Waals surface area contributed by atoms with Crippen molar-refractivity contribution >= 4 is 16.9 Å². The van der Waals surface area contributed by atoms with Gasteiger partial charge in [-0.05, 0) is 63.5 Å². The quantitative estimate of drug-likeness (QED) is 0.228. The van der Waals surface area contributed by atoms with Gasteiger partial charge in [0.2, 0.25) is 0 Å². The number of hydrogen-bond acceptors (Lipinski definition) is 9. The molecule has 5 atom stereocenters. The standard InChI is InChI=1S/C33H38N2O7/c1-18-14-22(36)26-23(39-18)16-24-25(27(26)37)21-10-3-4-13-33-30(38)40-28(21)31(2,41-24)11-5-6-12-32(33,42-33)17-19-8-7-9-20(15-19)29(34)35/h7-9,14-16,21,28-29,37H,3-6,10-13,17,34-35H2,1-2H3/t21-,28-,31+,32-,33-/m1/s1. The molecule has 5 heterocycles. The van der Waals surface area contributed by atoms with Crippen LogP contribution >= 0.6 is 0 Å². The number of nitrogens with two attached hydrogens (primary N) is 2. The van der Waals surface area contributed by atoms with Crippen molar-refractivity contribution in [1.82, 2.24) is 0 Å². The molecule has 42 heavy (non-hydrogen) atoms. The Morgan fingerprint density at radius 1 is 1.05 bits per heavy atom. The Hall–Kier alpha value is -3.40. The zero-order chi connectivity index (χ0) is 29.4. The van der Waals surface area contributed by atoms with Crippen LogP contribution in [0.15, 0.2) is 45.6 Å². The lowest BCUT2D eigenvalue weighted by molar-refractivity contribution is -0.173. The molecule has 0 aliphatic carbocycles. The van der Waals surface area contributed by atoms with Gasteiger partial charge in [-0.1, -0.05) is 37.1 Å². The van der Waals surface area contributed by atoms with Gasteiger partial charge in [0.1, 0.15) is 45.5 Å². The number of phenolic OH excluding ortho intramolecular Hbond substituents is 1. The molecule has 9 nitrogen and oxygen atoms in total. The van der Waals surface area contributed by atoms with E-state index in [0.29, 0.717) is 42.8 Å². The molecule has 3 fully saturated rings. The fourth-order valence-corrected chi connectivity index (χ4v) is 7.95. The lowest BCUT2D eigenvalue weighted by Crippen LogP contribution is -2.55. The highest BCUT2D eigenvalue weighted by molar-refractivity contribution is 5.88. The van der Waals surface area contributed by atoms with Crippen LogP contribution in [0.4, 0.5) is 0 Å². The third-order valence-corrected chi connectivity index (χ3v) is 10.0. The van der Waals surface area contributed by atoms with Gasteiger partial charge >= 0.3 is 5.97 Å². The Labute approximate surface area is 244 Å². The minimum Gasteiger partial charge on any atom is -0.507 e. The van der Waals surface area contributed by atoms with Gasteiger partial charge in [-0.15, -0.1) is 0 Å². The van der Waals surface area contributed by atoms with E-state index in [1.165, 1.54) is 6.07 Å². The zero-order valence-corrected chi connectivity index (χ0v) is 24.1. The van der Waals surface area contributed by atoms with Gasteiger partial charge in [-0.3, -0.25) is 4.79 Å². The van der Waals surface area contributed by atoms with E-state index in [2.05, 4.69) is 0 Å². The summed E-state index contributed by atoms with van der Waals surface area (Å²) in [5.41, 5.74) is 11.7. The van der Waals surface area contributed by atoms with Crippen LogP contribution in [0.1, 0.15) is 92.8 Å². The third-order valence-electron chi connectivity index (χ3n) is 10.0. The molecule has 5 N–H and O–H groups in total. The van der Waals surface area contributed by atoms with Gasteiger partial charge in [0, 0.05) is 30.0 Å². The normalized spacial score (nSPS) is 32.2. The van der Waals surface area contributed by atoms with E-state index in [1.807, 2.05) is 31.2 Å². The third kappa shape index (κ3) is 4.08. The summed E-state index contributed by atoms with van der Waals surface area (Å²) in [7, 11) is 0. The molecule has 0 unspecified atom stereocenters. The number of fused-ring (bicyclic) bond motifs is 4. The number of ether oxygens (including phenoxy) is 3. The van der Waals surface area contributed by atoms with E-state index in [-0.39, 0.29) is 34.0 Å². The van der Waals surface area contributed by atoms with Crippen molar-refractivity contribution < 1.29 is 28.5 Å². The molecule has 2 aromatic carbocycles. The summed E-state index contributed by atoms with van der Waals surface area (Å²) >= 11 is 0. The molecule has 3 saturated heterocycles. The van der Waals surface area contributed by atoms with E-state index >= 15 is 0 Å². The smallest absolute Gasteiger partial charge is 0.341 e. The molecule has 4 aliphatic rings. The predicted octanol–water partition coefficient (Wildman–Crippen LogP) is 4.77. The molecule has 0 amide bonds. The van der Waals surface area contributed by atoms with Crippen molar-refractivity contribution in [2.45, 2.75) is 107 Å². The molecule has 0 radical (unpaired) electrons. The second kappa shape index (κ2) is 9.56. The van der Waals surface area contributed by atoms with Crippen LogP contribution in [0.2, 0.25) is 0 Å². The summed E-state index contributed by atoms with van der Waals surface area (Å²) in [5, 5.41) is 11.6. The Morgan fingerprint density at radius 3 is 2.64 bits per heavy atom. The van der Waals surface area contributed by atoms with E-state index in [4.69, 9.17) is 30.1 Å². The number of rotatable bonds is 3. The predicted molar refractivity (Wildman–Crippen MR) is 155 cm³/mol. The van der Waals surface area contributed by atoms with Crippen LogP contribution in [-0.2, 0) is 20.7 Å². The fraction of sp³-hybridized carbons (Fsp3) is 0.515. The first-order valence-corrected chi connectivity index (χ1v) is 15.1. The number of carbonyl (C=O) groups is 1. The van der Waals surface area contributed by atoms with Crippen LogP contribution in [0.3, 0.4) is 0 Å². The van der Waals surface area contributed by atoms with E-state index < -0.39 is 29.1 Å². The average molecular weight is 575 g/mol. The summed E-state index contributed by atoms with van der Waals surface area (Å²) in [6, 6.07) is 11.0. The first-order chi connectivity index (χ1) is 20.1. The zero-order valence-electron chi connectivity index (χ0n) is 24.1. The number of aromatic hydroxyl groups is 1. The van der Waals surface area contributed by atoms with Crippen LogP contribution in [0.5, 0.6) is 11.5 Å². The van der Waals surface area contributed by atoms with Crippen molar-refractivity contribution in [3.63, 3.8) is 0 Å². The van der Waals surface area contributed by atoms with E-state index in [9.17, 15) is 14.7 Å². The molecule has 1 spiro atoms. The minimum absolute atomic E-state index is 0.123. The first-order valence-electron chi connectivity index (χ1n) is 15.1. The molecular weight excluding hydrogens is 536 g/mol. The van der Waals surface area contributed by atoms with Crippen LogP contribution in [0.25, 0.3) is 11.0 Å². The summed E-state index contributed by atoms with van der Waals surface area (Å²) < 4.78 is 25.5. The molecular formula is C33H38N2O7. The van der Waals surface area contributed by atoms with Gasteiger partial charge in [0.05, 0.1) is 6.17 Å². The van der Waals surface area contributed by atoms with E-state index in [0.717, 1.165) is 43.2 Å². The summed E-state index contributed by atoms with van der Waals surface area (Å²) in [6.07, 6.45) is 5.17. The molecule has 0 saturated carbocycles. The summed E-state index contributed by atoms with van der Waals surface area (Å²) in [4.78, 5) is 27.2. The molecule has 7 rings (SSSR count). The largest absolute Gasteiger partial charge is 0.507 e. The van der Waals surface area contributed by atoms with Crippen LogP contribution < -0.4 is 21.6 Å². The van der Waals surface area contributed by atoms with Crippen molar-refractivity contribution in [2.24, 2.45) is 11.5 Å². The Bertz CT molecular complexity index is 1650. The SMILES string of the molecule is Cc1cc(=O)c2c(O)c3c(cc2o1)O[C@@]1(C)CCCC[C@]2(Cc4cccc(C(N)N)c4)O[C@@]24CCCC[C@H]3[C@H]1OC4=O. The molecule has 1 aromatic heterocycles. The maximum Gasteiger partial charge on any atom is 0.341 e. The summed E-state index contributed by atoms with van der Waals surface area (Å²) in [5.74, 6) is 0.0625. The van der Waals surface area contributed by atoms with Gasteiger partial charge in [-0.2, -0.15) is 0 Å². The molecule has 4 aliphatic heterocycles. The maximum absolute atomic E-state index is 14.3. The highest BCUT2D eigenvalue weighted by Crippen LogP contribution is 2.60. The van der Waals surface area contributed by atoms with Crippen molar-refractivity contribution in [2.75, 3.05) is 0 Å². The number of epoxide rings is 1. The fourth-order valence-electron chi connectivity index (χ4n) is 7.95. The number of phenols is 1. The molecule has 222 valence electrons. The molecule has 3 aromatic rings. The van der Waals surface area contributed by atoms with E-state index in [1.54, 1.807) is 13.0 Å². The first kappa shape index (κ1) is 27.4. The average Bonchev–Trinajstić information content (AvgIpc) is 3.55. The monoisotopic (exact) mass is 574 g/mol. The van der Waals surface area contributed by atoms with Crippen molar-refractivity contribution in [3.05, 3.63) is 69.1 Å².